The summed E-state index contributed by atoms with van der Waals surface area (Å²) in [5, 5.41) is 2.76. The molecule has 7 nitrogen and oxygen atoms in total. The largest absolute Gasteiger partial charge is 0.486 e. The smallest absolute Gasteiger partial charge is 0.244 e. The van der Waals surface area contributed by atoms with E-state index in [1.165, 1.54) is 6.07 Å². The molecule has 3 aromatic rings. The fourth-order valence-electron chi connectivity index (χ4n) is 4.38. The van der Waals surface area contributed by atoms with Gasteiger partial charge in [-0.2, -0.15) is 0 Å². The van der Waals surface area contributed by atoms with E-state index in [0.29, 0.717) is 42.5 Å². The maximum Gasteiger partial charge on any atom is 0.244 e. The zero-order chi connectivity index (χ0) is 24.5. The highest BCUT2D eigenvalue weighted by molar-refractivity contribution is 5.96. The van der Waals surface area contributed by atoms with Crippen LogP contribution in [0.5, 0.6) is 5.75 Å². The van der Waals surface area contributed by atoms with Crippen LogP contribution in [0.25, 0.3) is 16.8 Å². The van der Waals surface area contributed by atoms with Crippen LogP contribution in [-0.4, -0.2) is 46.6 Å². The summed E-state index contributed by atoms with van der Waals surface area (Å²) >= 11 is 0. The highest BCUT2D eigenvalue weighted by Gasteiger charge is 2.25. The summed E-state index contributed by atoms with van der Waals surface area (Å²) in [5.41, 5.74) is 3.45. The van der Waals surface area contributed by atoms with Gasteiger partial charge in [-0.25, -0.2) is 18.7 Å². The van der Waals surface area contributed by atoms with Crippen molar-refractivity contribution in [1.29, 1.82) is 0 Å². The summed E-state index contributed by atoms with van der Waals surface area (Å²) in [6.07, 6.45) is 5.42. The molecule has 35 heavy (non-hydrogen) atoms. The first-order chi connectivity index (χ1) is 16.9. The molecule has 2 aliphatic heterocycles. The van der Waals surface area contributed by atoms with Gasteiger partial charge in [-0.1, -0.05) is 6.07 Å². The second kappa shape index (κ2) is 9.40. The molecule has 180 valence electrons. The Bertz CT molecular complexity index is 1310. The number of ether oxygens (including phenoxy) is 1. The van der Waals surface area contributed by atoms with Gasteiger partial charge in [0.05, 0.1) is 24.8 Å². The molecule has 0 radical (unpaired) electrons. The lowest BCUT2D eigenvalue weighted by Gasteiger charge is -2.34. The molecule has 5 rings (SSSR count). The molecule has 2 aromatic heterocycles. The van der Waals surface area contributed by atoms with Gasteiger partial charge in [0.25, 0.3) is 0 Å². The van der Waals surface area contributed by atoms with Gasteiger partial charge in [0.1, 0.15) is 18.1 Å². The van der Waals surface area contributed by atoms with Gasteiger partial charge < -0.3 is 15.0 Å². The lowest BCUT2D eigenvalue weighted by atomic mass is 10.0. The Balaban J connectivity index is 1.42. The van der Waals surface area contributed by atoms with Crippen molar-refractivity contribution >= 4 is 17.2 Å². The molecule has 1 aromatic carbocycles. The molecule has 4 heterocycles. The van der Waals surface area contributed by atoms with E-state index in [2.05, 4.69) is 20.3 Å². The topological polar surface area (TPSA) is 80.2 Å². The van der Waals surface area contributed by atoms with Crippen LogP contribution in [0.2, 0.25) is 0 Å². The lowest BCUT2D eigenvalue weighted by Crippen LogP contribution is -2.38. The number of carbonyl (C=O) groups is 1. The number of nitrogens with one attached hydrogen (secondary N) is 1. The molecule has 0 fully saturated rings. The molecule has 0 aliphatic carbocycles. The van der Waals surface area contributed by atoms with E-state index in [1.807, 2.05) is 30.9 Å². The first-order valence-electron chi connectivity index (χ1n) is 11.6. The Morgan fingerprint density at radius 2 is 1.97 bits per heavy atom. The van der Waals surface area contributed by atoms with Crippen molar-refractivity contribution in [2.24, 2.45) is 0 Å². The summed E-state index contributed by atoms with van der Waals surface area (Å²) in [6.45, 7) is 5.64. The van der Waals surface area contributed by atoms with Gasteiger partial charge in [-0.3, -0.25) is 9.78 Å². The number of halogens is 2. The number of carbonyl (C=O) groups excluding carboxylic acids is 1. The van der Waals surface area contributed by atoms with Crippen LogP contribution in [0.15, 0.2) is 42.7 Å². The normalized spacial score (nSPS) is 15.4. The van der Waals surface area contributed by atoms with Crippen molar-refractivity contribution in [3.05, 3.63) is 71.5 Å². The average Bonchev–Trinajstić information content (AvgIpc) is 2.85. The van der Waals surface area contributed by atoms with Gasteiger partial charge >= 0.3 is 0 Å². The van der Waals surface area contributed by atoms with Gasteiger partial charge in [0.2, 0.25) is 5.91 Å². The molecule has 9 heteroatoms. The Kier molecular flexibility index (Phi) is 6.15. The van der Waals surface area contributed by atoms with E-state index >= 15 is 0 Å². The molecule has 0 saturated heterocycles. The molecule has 0 bridgehead atoms. The molecule has 1 amide bonds. The lowest BCUT2D eigenvalue weighted by molar-refractivity contribution is -0.116. The number of benzene rings is 1. The zero-order valence-corrected chi connectivity index (χ0v) is 19.5. The quantitative estimate of drug-likeness (QED) is 0.600. The number of aromatic nitrogens is 3. The van der Waals surface area contributed by atoms with Crippen molar-refractivity contribution in [3.63, 3.8) is 0 Å². The molecular formula is C26H25F2N5O2. The Morgan fingerprint density at radius 1 is 1.11 bits per heavy atom. The van der Waals surface area contributed by atoms with E-state index in [4.69, 9.17) is 4.74 Å². The van der Waals surface area contributed by atoms with Crippen LogP contribution in [0.4, 0.5) is 14.5 Å². The Hall–Kier alpha value is -3.88. The van der Waals surface area contributed by atoms with Crippen molar-refractivity contribution in [2.45, 2.75) is 32.7 Å². The number of nitrogens with zero attached hydrogens (tertiary/aromatic N) is 4. The number of hydrogen-bond donors (Lipinski definition) is 1. The number of fused-ring (bicyclic) bond motifs is 1. The van der Waals surface area contributed by atoms with E-state index in [0.717, 1.165) is 23.8 Å². The van der Waals surface area contributed by atoms with Crippen LogP contribution in [-0.2, 0) is 11.2 Å². The van der Waals surface area contributed by atoms with E-state index in [-0.39, 0.29) is 29.8 Å². The van der Waals surface area contributed by atoms with Crippen molar-refractivity contribution < 1.29 is 18.3 Å². The summed E-state index contributed by atoms with van der Waals surface area (Å²) in [6, 6.07) is 6.83. The van der Waals surface area contributed by atoms with Crippen molar-refractivity contribution in [2.75, 3.05) is 24.6 Å². The molecule has 0 spiro atoms. The molecule has 1 N–H and O–H groups in total. The van der Waals surface area contributed by atoms with E-state index in [9.17, 15) is 13.6 Å². The molecule has 2 aliphatic rings. The fraction of sp³-hybridized carbons (Fsp3) is 0.308. The fourth-order valence-corrected chi connectivity index (χ4v) is 4.38. The SMILES string of the molecule is CC(C)N1CCOc2c(F)cc(-c3nc(Cc4ccc(C5=CC(=O)NCC5)cn4)ncc3F)cc21. The number of pyridine rings is 1. The third-order valence-corrected chi connectivity index (χ3v) is 6.14. The average molecular weight is 478 g/mol. The van der Waals surface area contributed by atoms with Crippen LogP contribution >= 0.6 is 0 Å². The maximum absolute atomic E-state index is 14.9. The summed E-state index contributed by atoms with van der Waals surface area (Å²) < 4.78 is 35.2. The first kappa shape index (κ1) is 22.9. The number of anilines is 1. The van der Waals surface area contributed by atoms with E-state index in [1.54, 1.807) is 18.3 Å². The molecule has 0 unspecified atom stereocenters. The number of amides is 1. The standard InChI is InChI=1S/C26H25F2N5O2/c1-15(2)33-7-8-35-26-20(27)9-18(10-22(26)33)25-21(28)14-31-23(32-25)12-19-4-3-17(13-30-19)16-5-6-29-24(34)11-16/h3-4,9-11,13-15H,5-8,12H2,1-2H3,(H,29,34). The molecule has 0 saturated carbocycles. The first-order valence-corrected chi connectivity index (χ1v) is 11.6. The zero-order valence-electron chi connectivity index (χ0n) is 19.5. The second-order valence-corrected chi connectivity index (χ2v) is 8.85. The monoisotopic (exact) mass is 477 g/mol. The van der Waals surface area contributed by atoms with Crippen LogP contribution in [0.3, 0.4) is 0 Å². The van der Waals surface area contributed by atoms with Crippen LogP contribution in [0, 0.1) is 11.6 Å². The number of hydrogen-bond acceptors (Lipinski definition) is 6. The van der Waals surface area contributed by atoms with Gasteiger partial charge in [-0.15, -0.1) is 0 Å². The highest BCUT2D eigenvalue weighted by atomic mass is 19.1. The maximum atomic E-state index is 14.9. The predicted octanol–water partition coefficient (Wildman–Crippen LogP) is 3.92. The number of rotatable bonds is 5. The van der Waals surface area contributed by atoms with Gasteiger partial charge in [0.15, 0.2) is 17.4 Å². The third kappa shape index (κ3) is 4.71. The van der Waals surface area contributed by atoms with Crippen molar-refractivity contribution in [1.82, 2.24) is 20.3 Å². The predicted molar refractivity (Wildman–Crippen MR) is 128 cm³/mol. The minimum absolute atomic E-state index is 0.0287. The highest BCUT2D eigenvalue weighted by Crippen LogP contribution is 2.39. The molecular weight excluding hydrogens is 452 g/mol. The van der Waals surface area contributed by atoms with E-state index < -0.39 is 11.6 Å². The minimum Gasteiger partial charge on any atom is -0.486 e. The van der Waals surface area contributed by atoms with Crippen LogP contribution in [0.1, 0.15) is 37.4 Å². The Morgan fingerprint density at radius 3 is 2.71 bits per heavy atom. The summed E-state index contributed by atoms with van der Waals surface area (Å²) in [4.78, 5) is 26.6. The summed E-state index contributed by atoms with van der Waals surface area (Å²) in [5.74, 6) is -0.743. The minimum atomic E-state index is -0.633. The van der Waals surface area contributed by atoms with Crippen molar-refractivity contribution in [3.8, 4) is 17.0 Å². The van der Waals surface area contributed by atoms with Gasteiger partial charge in [0, 0.05) is 36.1 Å². The third-order valence-electron chi connectivity index (χ3n) is 6.14. The Labute approximate surface area is 201 Å². The van der Waals surface area contributed by atoms with Gasteiger partial charge in [-0.05, 0) is 49.6 Å². The summed E-state index contributed by atoms with van der Waals surface area (Å²) in [7, 11) is 0. The second-order valence-electron chi connectivity index (χ2n) is 8.85. The van der Waals surface area contributed by atoms with Crippen LogP contribution < -0.4 is 15.0 Å². The molecule has 0 atom stereocenters.